The fourth-order valence-corrected chi connectivity index (χ4v) is 1.16. The van der Waals surface area contributed by atoms with Crippen molar-refractivity contribution in [3.8, 4) is 5.75 Å². The van der Waals surface area contributed by atoms with Crippen molar-refractivity contribution >= 4 is 18.4 Å². The lowest BCUT2D eigenvalue weighted by Crippen LogP contribution is -2.30. The van der Waals surface area contributed by atoms with Gasteiger partial charge in [0, 0.05) is 0 Å². The van der Waals surface area contributed by atoms with Crippen LogP contribution in [-0.2, 0) is 0 Å². The minimum atomic E-state index is -1.55. The van der Waals surface area contributed by atoms with E-state index < -0.39 is 7.12 Å². The first-order chi connectivity index (χ1) is 6.56. The Balaban J connectivity index is 3.18. The van der Waals surface area contributed by atoms with Crippen LogP contribution in [0.15, 0.2) is 18.2 Å². The van der Waals surface area contributed by atoms with Gasteiger partial charge in [0.1, 0.15) is 5.75 Å². The second-order valence-corrected chi connectivity index (χ2v) is 2.89. The van der Waals surface area contributed by atoms with E-state index in [1.165, 1.54) is 32.2 Å². The van der Waals surface area contributed by atoms with Crippen molar-refractivity contribution in [1.29, 1.82) is 0 Å². The Morgan fingerprint density at radius 1 is 1.43 bits per heavy atom. The van der Waals surface area contributed by atoms with Crippen LogP contribution in [-0.4, -0.2) is 30.1 Å². The van der Waals surface area contributed by atoms with Crippen LogP contribution in [0.2, 0.25) is 0 Å². The Hall–Kier alpha value is -1.33. The molecule has 4 nitrogen and oxygen atoms in total. The number of hydrogen-bond donors (Lipinski definition) is 2. The third-order valence-electron chi connectivity index (χ3n) is 1.90. The first kappa shape index (κ1) is 10.8. The first-order valence-corrected chi connectivity index (χ1v) is 4.11. The summed E-state index contributed by atoms with van der Waals surface area (Å²) in [6.07, 6.45) is 0. The summed E-state index contributed by atoms with van der Waals surface area (Å²) in [5, 5.41) is 17.8. The summed E-state index contributed by atoms with van der Waals surface area (Å²) in [4.78, 5) is 11.1. The molecule has 1 aromatic carbocycles. The van der Waals surface area contributed by atoms with Crippen molar-refractivity contribution in [2.24, 2.45) is 0 Å². The van der Waals surface area contributed by atoms with E-state index >= 15 is 0 Å². The maximum atomic E-state index is 11.1. The highest BCUT2D eigenvalue weighted by atomic mass is 16.5. The standard InChI is InChI=1S/C9H11BO4/c1-6(11)8-4-3-7(10(12)13)5-9(8)14-2/h3-5,12-13H,1-2H3. The smallest absolute Gasteiger partial charge is 0.488 e. The molecule has 1 aromatic rings. The van der Waals surface area contributed by atoms with Gasteiger partial charge in [0.25, 0.3) is 0 Å². The highest BCUT2D eigenvalue weighted by molar-refractivity contribution is 6.58. The summed E-state index contributed by atoms with van der Waals surface area (Å²) in [7, 11) is -0.125. The first-order valence-electron chi connectivity index (χ1n) is 4.11. The van der Waals surface area contributed by atoms with Gasteiger partial charge in [-0.1, -0.05) is 6.07 Å². The van der Waals surface area contributed by atoms with Crippen LogP contribution < -0.4 is 10.2 Å². The number of benzene rings is 1. The largest absolute Gasteiger partial charge is 0.496 e. The van der Waals surface area contributed by atoms with Crippen LogP contribution in [0.25, 0.3) is 0 Å². The zero-order valence-corrected chi connectivity index (χ0v) is 8.02. The Labute approximate surface area is 82.3 Å². The number of carbonyl (C=O) groups is 1. The summed E-state index contributed by atoms with van der Waals surface area (Å²) >= 11 is 0. The van der Waals surface area contributed by atoms with Gasteiger partial charge in [0.05, 0.1) is 12.7 Å². The molecule has 1 rings (SSSR count). The lowest BCUT2D eigenvalue weighted by Gasteiger charge is -2.07. The van der Waals surface area contributed by atoms with Crippen LogP contribution >= 0.6 is 0 Å². The lowest BCUT2D eigenvalue weighted by atomic mass is 9.79. The van der Waals surface area contributed by atoms with Crippen molar-refractivity contribution in [2.45, 2.75) is 6.92 Å². The topological polar surface area (TPSA) is 66.8 Å². The van der Waals surface area contributed by atoms with Gasteiger partial charge >= 0.3 is 7.12 Å². The molecular formula is C9H11BO4. The van der Waals surface area contributed by atoms with Crippen LogP contribution in [0.3, 0.4) is 0 Å². The van der Waals surface area contributed by atoms with E-state index in [2.05, 4.69) is 0 Å². The van der Waals surface area contributed by atoms with Crippen molar-refractivity contribution < 1.29 is 19.6 Å². The zero-order valence-electron chi connectivity index (χ0n) is 8.02. The molecule has 5 heteroatoms. The van der Waals surface area contributed by atoms with Gasteiger partial charge < -0.3 is 14.8 Å². The van der Waals surface area contributed by atoms with Crippen molar-refractivity contribution in [3.63, 3.8) is 0 Å². The number of ketones is 1. The van der Waals surface area contributed by atoms with Crippen molar-refractivity contribution in [3.05, 3.63) is 23.8 Å². The predicted octanol–water partition coefficient (Wildman–Crippen LogP) is -0.422. The normalized spacial score (nSPS) is 9.71. The molecule has 0 aliphatic rings. The summed E-state index contributed by atoms with van der Waals surface area (Å²) in [5.41, 5.74) is 0.726. The van der Waals surface area contributed by atoms with Gasteiger partial charge in [-0.2, -0.15) is 0 Å². The van der Waals surface area contributed by atoms with Gasteiger partial charge in [0.2, 0.25) is 0 Å². The van der Waals surface area contributed by atoms with Gasteiger partial charge in [-0.05, 0) is 24.5 Å². The SMILES string of the molecule is COc1cc(B(O)O)ccc1C(C)=O. The molecule has 0 amide bonds. The number of carbonyl (C=O) groups excluding carboxylic acids is 1. The van der Waals surface area contributed by atoms with Crippen LogP contribution in [0.5, 0.6) is 5.75 Å². The summed E-state index contributed by atoms with van der Waals surface area (Å²) in [5.74, 6) is 0.226. The van der Waals surface area contributed by atoms with Gasteiger partial charge in [-0.3, -0.25) is 4.79 Å². The zero-order chi connectivity index (χ0) is 10.7. The van der Waals surface area contributed by atoms with E-state index in [1.807, 2.05) is 0 Å². The Morgan fingerprint density at radius 2 is 2.07 bits per heavy atom. The monoisotopic (exact) mass is 194 g/mol. The van der Waals surface area contributed by atoms with E-state index in [0.29, 0.717) is 16.8 Å². The molecule has 0 heterocycles. The van der Waals surface area contributed by atoms with Crippen LogP contribution in [0.1, 0.15) is 17.3 Å². The fraction of sp³-hybridized carbons (Fsp3) is 0.222. The van der Waals surface area contributed by atoms with Crippen molar-refractivity contribution in [2.75, 3.05) is 7.11 Å². The summed E-state index contributed by atoms with van der Waals surface area (Å²) < 4.78 is 4.95. The molecule has 14 heavy (non-hydrogen) atoms. The molecule has 0 saturated heterocycles. The van der Waals surface area contributed by atoms with E-state index in [0.717, 1.165) is 0 Å². The number of hydrogen-bond acceptors (Lipinski definition) is 4. The maximum absolute atomic E-state index is 11.1. The number of rotatable bonds is 3. The van der Waals surface area contributed by atoms with E-state index in [9.17, 15) is 4.79 Å². The van der Waals surface area contributed by atoms with Crippen LogP contribution in [0.4, 0.5) is 0 Å². The Kier molecular flexibility index (Phi) is 3.27. The Bertz CT molecular complexity index is 349. The molecule has 0 fully saturated rings. The molecule has 0 unspecified atom stereocenters. The molecular weight excluding hydrogens is 183 g/mol. The molecule has 0 aliphatic heterocycles. The van der Waals surface area contributed by atoms with Crippen LogP contribution in [0, 0.1) is 0 Å². The molecule has 74 valence electrons. The second kappa shape index (κ2) is 4.26. The fourth-order valence-electron chi connectivity index (χ4n) is 1.16. The van der Waals surface area contributed by atoms with E-state index in [1.54, 1.807) is 0 Å². The maximum Gasteiger partial charge on any atom is 0.488 e. The second-order valence-electron chi connectivity index (χ2n) is 2.89. The molecule has 0 bridgehead atoms. The predicted molar refractivity (Wildman–Crippen MR) is 52.8 cm³/mol. The minimum Gasteiger partial charge on any atom is -0.496 e. The average molecular weight is 194 g/mol. The number of methoxy groups -OCH3 is 1. The third kappa shape index (κ3) is 2.13. The van der Waals surface area contributed by atoms with E-state index in [-0.39, 0.29) is 5.78 Å². The molecule has 0 radical (unpaired) electrons. The molecule has 0 aliphatic carbocycles. The summed E-state index contributed by atoms with van der Waals surface area (Å²) in [6.45, 7) is 1.42. The molecule has 0 atom stereocenters. The highest BCUT2D eigenvalue weighted by Gasteiger charge is 2.15. The number of ether oxygens (including phenoxy) is 1. The quantitative estimate of drug-likeness (QED) is 0.506. The van der Waals surface area contributed by atoms with Gasteiger partial charge in [-0.25, -0.2) is 0 Å². The average Bonchev–Trinajstić information content (AvgIpc) is 2.16. The van der Waals surface area contributed by atoms with Gasteiger partial charge in [-0.15, -0.1) is 0 Å². The summed E-state index contributed by atoms with van der Waals surface area (Å²) in [6, 6.07) is 4.42. The van der Waals surface area contributed by atoms with Crippen molar-refractivity contribution in [1.82, 2.24) is 0 Å². The molecule has 0 saturated carbocycles. The van der Waals surface area contributed by atoms with Gasteiger partial charge in [0.15, 0.2) is 5.78 Å². The highest BCUT2D eigenvalue weighted by Crippen LogP contribution is 2.16. The molecule has 0 aromatic heterocycles. The third-order valence-corrected chi connectivity index (χ3v) is 1.90. The molecule has 2 N–H and O–H groups in total. The van der Waals surface area contributed by atoms with E-state index in [4.69, 9.17) is 14.8 Å². The lowest BCUT2D eigenvalue weighted by molar-refractivity contribution is 0.101. The number of Topliss-reactive ketones (excluding diaryl/α,β-unsaturated/α-hetero) is 1. The minimum absolute atomic E-state index is 0.124. The molecule has 0 spiro atoms. The Morgan fingerprint density at radius 3 is 2.50 bits per heavy atom.